The van der Waals surface area contributed by atoms with Gasteiger partial charge in [0.15, 0.2) is 0 Å². The van der Waals surface area contributed by atoms with E-state index in [0.29, 0.717) is 10.0 Å². The molecule has 0 radical (unpaired) electrons. The van der Waals surface area contributed by atoms with E-state index in [1.54, 1.807) is 12.1 Å². The topological polar surface area (TPSA) is 33.0 Å². The van der Waals surface area contributed by atoms with Gasteiger partial charge in [-0.3, -0.25) is 0 Å². The number of hydrogen-bond donors (Lipinski definition) is 0. The van der Waals surface area contributed by atoms with Crippen LogP contribution >= 0.6 is 15.9 Å². The highest BCUT2D eigenvalue weighted by Crippen LogP contribution is 2.26. The molecular weight excluding hydrogens is 321 g/mol. The number of rotatable bonds is 3. The van der Waals surface area contributed by atoms with Crippen LogP contribution in [0.3, 0.4) is 0 Å². The van der Waals surface area contributed by atoms with Crippen molar-refractivity contribution in [3.63, 3.8) is 0 Å². The molecule has 2 nitrogen and oxygen atoms in total. The lowest BCUT2D eigenvalue weighted by molar-refractivity contribution is 0.301. The van der Waals surface area contributed by atoms with Gasteiger partial charge >= 0.3 is 0 Å². The molecule has 2 aromatic carbocycles. The summed E-state index contributed by atoms with van der Waals surface area (Å²) in [5.74, 6) is 0.440. The Bertz CT molecular complexity index is 648. The van der Waals surface area contributed by atoms with Gasteiger partial charge in [0.2, 0.25) is 0 Å². The minimum absolute atomic E-state index is 0.282. The van der Waals surface area contributed by atoms with E-state index in [-0.39, 0.29) is 12.4 Å². The van der Waals surface area contributed by atoms with Gasteiger partial charge in [0.1, 0.15) is 18.2 Å². The summed E-state index contributed by atoms with van der Waals surface area (Å²) in [6.07, 6.45) is 0. The molecule has 0 fully saturated rings. The lowest BCUT2D eigenvalue weighted by Gasteiger charge is -2.13. The van der Waals surface area contributed by atoms with Gasteiger partial charge in [0, 0.05) is 4.47 Å². The van der Waals surface area contributed by atoms with Gasteiger partial charge in [-0.25, -0.2) is 4.39 Å². The highest BCUT2D eigenvalue weighted by atomic mass is 79.9. The van der Waals surface area contributed by atoms with E-state index >= 15 is 0 Å². The third-order valence-corrected chi connectivity index (χ3v) is 3.35. The Morgan fingerprint density at radius 3 is 2.35 bits per heavy atom. The first kappa shape index (κ1) is 14.5. The molecule has 0 amide bonds. The molecule has 2 rings (SSSR count). The smallest absolute Gasteiger partial charge is 0.125 e. The molecule has 0 saturated heterocycles. The van der Waals surface area contributed by atoms with Crippen LogP contribution in [-0.2, 0) is 6.61 Å². The van der Waals surface area contributed by atoms with Crippen molar-refractivity contribution in [2.75, 3.05) is 0 Å². The molecule has 0 atom stereocenters. The summed E-state index contributed by atoms with van der Waals surface area (Å²) in [6.45, 7) is 4.07. The highest BCUT2D eigenvalue weighted by Gasteiger charge is 2.07. The fourth-order valence-electron chi connectivity index (χ4n) is 2.09. The quantitative estimate of drug-likeness (QED) is 0.818. The van der Waals surface area contributed by atoms with Crippen LogP contribution in [0.25, 0.3) is 0 Å². The predicted octanol–water partition coefficient (Wildman–Crippen LogP) is 4.66. The number of hydrogen-bond acceptors (Lipinski definition) is 2. The second-order valence-corrected chi connectivity index (χ2v) is 5.53. The monoisotopic (exact) mass is 333 g/mol. The summed E-state index contributed by atoms with van der Waals surface area (Å²) in [6, 6.07) is 10.3. The summed E-state index contributed by atoms with van der Waals surface area (Å²) in [4.78, 5) is 0. The second-order valence-electron chi connectivity index (χ2n) is 4.62. The molecule has 0 bridgehead atoms. The van der Waals surface area contributed by atoms with E-state index in [9.17, 15) is 4.39 Å². The van der Waals surface area contributed by atoms with Crippen LogP contribution in [0.4, 0.5) is 4.39 Å². The Morgan fingerprint density at radius 1 is 1.15 bits per heavy atom. The van der Waals surface area contributed by atoms with Gasteiger partial charge in [0.05, 0.1) is 11.6 Å². The Morgan fingerprint density at radius 2 is 1.80 bits per heavy atom. The van der Waals surface area contributed by atoms with Gasteiger partial charge in [-0.2, -0.15) is 5.26 Å². The van der Waals surface area contributed by atoms with Crippen molar-refractivity contribution >= 4 is 15.9 Å². The third-order valence-electron chi connectivity index (χ3n) is 2.89. The summed E-state index contributed by atoms with van der Waals surface area (Å²) in [5, 5.41) is 8.91. The summed E-state index contributed by atoms with van der Waals surface area (Å²) in [7, 11) is 0. The van der Waals surface area contributed by atoms with Crippen LogP contribution in [0.2, 0.25) is 0 Å². The third kappa shape index (κ3) is 3.37. The van der Waals surface area contributed by atoms with E-state index in [1.807, 2.05) is 19.9 Å². The Balaban J connectivity index is 2.21. The molecule has 4 heteroatoms. The molecule has 20 heavy (non-hydrogen) atoms. The van der Waals surface area contributed by atoms with Crippen LogP contribution in [0.5, 0.6) is 5.75 Å². The maximum Gasteiger partial charge on any atom is 0.125 e. The maximum atomic E-state index is 13.3. The first-order valence-electron chi connectivity index (χ1n) is 6.08. The van der Waals surface area contributed by atoms with E-state index in [2.05, 4.69) is 22.0 Å². The van der Waals surface area contributed by atoms with Gasteiger partial charge in [-0.05, 0) is 60.9 Å². The molecule has 0 unspecified atom stereocenters. The van der Waals surface area contributed by atoms with Crippen molar-refractivity contribution in [2.24, 2.45) is 0 Å². The van der Waals surface area contributed by atoms with E-state index in [1.165, 1.54) is 12.1 Å². The number of halogens is 2. The first-order chi connectivity index (χ1) is 9.49. The minimum atomic E-state index is -0.300. The predicted molar refractivity (Wildman–Crippen MR) is 79.1 cm³/mol. The maximum absolute atomic E-state index is 13.3. The highest BCUT2D eigenvalue weighted by molar-refractivity contribution is 9.10. The molecule has 0 aromatic heterocycles. The first-order valence-corrected chi connectivity index (χ1v) is 6.88. The van der Waals surface area contributed by atoms with Crippen LogP contribution in [0.1, 0.15) is 22.3 Å². The van der Waals surface area contributed by atoms with Gasteiger partial charge in [0.25, 0.3) is 0 Å². The summed E-state index contributed by atoms with van der Waals surface area (Å²) < 4.78 is 19.7. The van der Waals surface area contributed by atoms with Crippen LogP contribution in [0.15, 0.2) is 34.8 Å². The Labute approximate surface area is 125 Å². The molecule has 0 N–H and O–H groups in total. The Kier molecular flexibility index (Phi) is 4.41. The molecule has 0 aliphatic rings. The van der Waals surface area contributed by atoms with Crippen molar-refractivity contribution < 1.29 is 9.13 Å². The summed E-state index contributed by atoms with van der Waals surface area (Å²) in [5.41, 5.74) is 3.16. The fourth-order valence-corrected chi connectivity index (χ4v) is 2.61. The molecule has 102 valence electrons. The zero-order chi connectivity index (χ0) is 14.7. The zero-order valence-corrected chi connectivity index (χ0v) is 12.8. The van der Waals surface area contributed by atoms with Crippen LogP contribution in [-0.4, -0.2) is 0 Å². The van der Waals surface area contributed by atoms with Gasteiger partial charge in [-0.15, -0.1) is 0 Å². The largest absolute Gasteiger partial charge is 0.488 e. The molecule has 0 aliphatic heterocycles. The molecule has 0 saturated carbocycles. The van der Waals surface area contributed by atoms with Crippen molar-refractivity contribution in [3.8, 4) is 11.8 Å². The Hall–Kier alpha value is -1.86. The zero-order valence-electron chi connectivity index (χ0n) is 11.2. The number of aryl methyl sites for hydroxylation is 2. The van der Waals surface area contributed by atoms with E-state index < -0.39 is 0 Å². The van der Waals surface area contributed by atoms with E-state index in [0.717, 1.165) is 22.4 Å². The number of nitriles is 1. The minimum Gasteiger partial charge on any atom is -0.488 e. The van der Waals surface area contributed by atoms with Crippen molar-refractivity contribution in [3.05, 3.63) is 62.9 Å². The standard InChI is InChI=1S/C16H13BrFNO/c1-10-3-12(8-19)4-11(2)16(10)20-9-13-5-14(17)7-15(18)6-13/h3-7H,9H2,1-2H3. The lowest BCUT2D eigenvalue weighted by atomic mass is 10.1. The molecule has 0 heterocycles. The molecule has 0 aliphatic carbocycles. The molecular formula is C16H13BrFNO. The fraction of sp³-hybridized carbons (Fsp3) is 0.188. The average molecular weight is 334 g/mol. The van der Waals surface area contributed by atoms with Crippen molar-refractivity contribution in [1.29, 1.82) is 5.26 Å². The number of ether oxygens (including phenoxy) is 1. The molecule has 2 aromatic rings. The van der Waals surface area contributed by atoms with Gasteiger partial charge in [-0.1, -0.05) is 15.9 Å². The van der Waals surface area contributed by atoms with Crippen LogP contribution < -0.4 is 4.74 Å². The number of nitrogens with zero attached hydrogens (tertiary/aromatic N) is 1. The normalized spacial score (nSPS) is 10.2. The molecule has 0 spiro atoms. The van der Waals surface area contributed by atoms with Crippen molar-refractivity contribution in [2.45, 2.75) is 20.5 Å². The van der Waals surface area contributed by atoms with E-state index in [4.69, 9.17) is 10.00 Å². The van der Waals surface area contributed by atoms with Crippen molar-refractivity contribution in [1.82, 2.24) is 0 Å². The second kappa shape index (κ2) is 6.06. The summed E-state index contributed by atoms with van der Waals surface area (Å²) >= 11 is 3.26. The average Bonchev–Trinajstić information content (AvgIpc) is 2.36. The van der Waals surface area contributed by atoms with Crippen LogP contribution in [0, 0.1) is 31.0 Å². The van der Waals surface area contributed by atoms with Gasteiger partial charge < -0.3 is 4.74 Å². The number of benzene rings is 2. The SMILES string of the molecule is Cc1cc(C#N)cc(C)c1OCc1cc(F)cc(Br)c1. The lowest BCUT2D eigenvalue weighted by Crippen LogP contribution is -2.00.